The molecule has 0 aliphatic carbocycles. The van der Waals surface area contributed by atoms with Crippen molar-refractivity contribution in [2.75, 3.05) is 12.3 Å². The number of hydrogen-bond acceptors (Lipinski definition) is 3. The lowest BCUT2D eigenvalue weighted by Gasteiger charge is -2.18. The molecular weight excluding hydrogens is 284 g/mol. The Balaban J connectivity index is 1.91. The van der Waals surface area contributed by atoms with E-state index in [-0.39, 0.29) is 0 Å². The zero-order valence-corrected chi connectivity index (χ0v) is 11.6. The van der Waals surface area contributed by atoms with E-state index in [9.17, 15) is 0 Å². The Labute approximate surface area is 109 Å². The maximum Gasteiger partial charge on any atom is 0.156 e. The average Bonchev–Trinajstić information content (AvgIpc) is 2.30. The molecule has 0 aromatic heterocycles. The van der Waals surface area contributed by atoms with Crippen LogP contribution in [0.15, 0.2) is 33.7 Å². The van der Waals surface area contributed by atoms with Gasteiger partial charge in [-0.05, 0) is 17.5 Å². The van der Waals surface area contributed by atoms with Crippen LogP contribution in [0.5, 0.6) is 0 Å². The lowest BCUT2D eigenvalue weighted by molar-refractivity contribution is 0.669. The minimum Gasteiger partial charge on any atom is -0.361 e. The van der Waals surface area contributed by atoms with E-state index in [0.29, 0.717) is 5.92 Å². The molecule has 0 saturated heterocycles. The van der Waals surface area contributed by atoms with Crippen LogP contribution in [0.2, 0.25) is 0 Å². The molecule has 1 aromatic carbocycles. The van der Waals surface area contributed by atoms with Gasteiger partial charge in [0.25, 0.3) is 0 Å². The fraction of sp³-hybridized carbons (Fsp3) is 0.417. The van der Waals surface area contributed by atoms with Crippen LogP contribution in [-0.2, 0) is 6.54 Å². The Morgan fingerprint density at radius 1 is 1.50 bits per heavy atom. The molecule has 1 aromatic rings. The third kappa shape index (κ3) is 3.25. The first kappa shape index (κ1) is 12.0. The monoisotopic (exact) mass is 298 g/mol. The van der Waals surface area contributed by atoms with Crippen molar-refractivity contribution < 1.29 is 0 Å². The highest BCUT2D eigenvalue weighted by Crippen LogP contribution is 2.18. The predicted octanol–water partition coefficient (Wildman–Crippen LogP) is 3.28. The maximum absolute atomic E-state index is 4.51. The second kappa shape index (κ2) is 5.73. The van der Waals surface area contributed by atoms with Crippen molar-refractivity contribution in [1.29, 1.82) is 0 Å². The molecule has 16 heavy (non-hydrogen) atoms. The Morgan fingerprint density at radius 3 is 3.00 bits per heavy atom. The summed E-state index contributed by atoms with van der Waals surface area (Å²) in [6, 6.07) is 8.27. The molecule has 1 unspecified atom stereocenters. The van der Waals surface area contributed by atoms with Crippen molar-refractivity contribution in [1.82, 2.24) is 5.32 Å². The number of hydrogen-bond donors (Lipinski definition) is 1. The van der Waals surface area contributed by atoms with E-state index in [1.54, 1.807) is 0 Å². The van der Waals surface area contributed by atoms with Crippen LogP contribution in [-0.4, -0.2) is 17.5 Å². The molecule has 1 aliphatic rings. The summed E-state index contributed by atoms with van der Waals surface area (Å²) in [6.07, 6.45) is 0. The number of halogens is 1. The van der Waals surface area contributed by atoms with Gasteiger partial charge in [0.1, 0.15) is 0 Å². The van der Waals surface area contributed by atoms with Gasteiger partial charge in [-0.25, -0.2) is 0 Å². The Hall–Kier alpha value is -0.480. The number of nitrogens with zero attached hydrogens (tertiary/aromatic N) is 1. The van der Waals surface area contributed by atoms with Crippen molar-refractivity contribution in [2.45, 2.75) is 13.5 Å². The molecular formula is C12H15BrN2S. The SMILES string of the molecule is CC1CN=C(NCc2ccccc2Br)SC1. The van der Waals surface area contributed by atoms with E-state index in [2.05, 4.69) is 51.4 Å². The number of thioether (sulfide) groups is 1. The zero-order valence-electron chi connectivity index (χ0n) is 9.24. The molecule has 86 valence electrons. The minimum atomic E-state index is 0.707. The molecule has 4 heteroatoms. The standard InChI is InChI=1S/C12H15BrN2S/c1-9-6-14-12(16-8-9)15-7-10-4-2-3-5-11(10)13/h2-5,9H,6-8H2,1H3,(H,14,15). The highest BCUT2D eigenvalue weighted by Gasteiger charge is 2.11. The second-order valence-electron chi connectivity index (χ2n) is 4.01. The van der Waals surface area contributed by atoms with Crippen LogP contribution >= 0.6 is 27.7 Å². The maximum atomic E-state index is 4.51. The van der Waals surface area contributed by atoms with Crippen LogP contribution in [0, 0.1) is 5.92 Å². The van der Waals surface area contributed by atoms with Crippen LogP contribution in [0.4, 0.5) is 0 Å². The van der Waals surface area contributed by atoms with E-state index in [1.165, 1.54) is 11.3 Å². The van der Waals surface area contributed by atoms with Crippen molar-refractivity contribution in [2.24, 2.45) is 10.9 Å². The van der Waals surface area contributed by atoms with E-state index in [1.807, 2.05) is 17.8 Å². The molecule has 0 amide bonds. The first-order valence-electron chi connectivity index (χ1n) is 5.40. The van der Waals surface area contributed by atoms with E-state index < -0.39 is 0 Å². The summed E-state index contributed by atoms with van der Waals surface area (Å²) in [5.74, 6) is 1.88. The van der Waals surface area contributed by atoms with Gasteiger partial charge < -0.3 is 5.32 Å². The van der Waals surface area contributed by atoms with Gasteiger partial charge in [-0.3, -0.25) is 4.99 Å². The lowest BCUT2D eigenvalue weighted by Crippen LogP contribution is -2.25. The average molecular weight is 299 g/mol. The van der Waals surface area contributed by atoms with Gasteiger partial charge in [-0.2, -0.15) is 0 Å². The summed E-state index contributed by atoms with van der Waals surface area (Å²) in [5.41, 5.74) is 1.27. The topological polar surface area (TPSA) is 24.4 Å². The van der Waals surface area contributed by atoms with E-state index in [0.717, 1.165) is 22.7 Å². The summed E-state index contributed by atoms with van der Waals surface area (Å²) in [4.78, 5) is 4.51. The van der Waals surface area contributed by atoms with Gasteiger partial charge in [0.05, 0.1) is 0 Å². The molecule has 0 radical (unpaired) electrons. The molecule has 1 atom stereocenters. The fourth-order valence-electron chi connectivity index (χ4n) is 1.48. The number of amidine groups is 1. The molecule has 0 fully saturated rings. The molecule has 1 aliphatic heterocycles. The summed E-state index contributed by atoms with van der Waals surface area (Å²) in [6.45, 7) is 4.02. The van der Waals surface area contributed by atoms with Crippen LogP contribution in [0.25, 0.3) is 0 Å². The molecule has 2 nitrogen and oxygen atoms in total. The first-order chi connectivity index (χ1) is 7.75. The van der Waals surface area contributed by atoms with Crippen molar-refractivity contribution in [3.05, 3.63) is 34.3 Å². The van der Waals surface area contributed by atoms with Gasteiger partial charge in [-0.1, -0.05) is 52.8 Å². The van der Waals surface area contributed by atoms with Gasteiger partial charge in [0, 0.05) is 23.3 Å². The molecule has 2 rings (SSSR count). The van der Waals surface area contributed by atoms with Gasteiger partial charge >= 0.3 is 0 Å². The smallest absolute Gasteiger partial charge is 0.156 e. The molecule has 0 saturated carbocycles. The third-order valence-corrected chi connectivity index (χ3v) is 4.50. The molecule has 1 N–H and O–H groups in total. The van der Waals surface area contributed by atoms with Crippen LogP contribution in [0.1, 0.15) is 12.5 Å². The summed E-state index contributed by atoms with van der Waals surface area (Å²) < 4.78 is 1.15. The quantitative estimate of drug-likeness (QED) is 0.906. The largest absolute Gasteiger partial charge is 0.361 e. The third-order valence-electron chi connectivity index (χ3n) is 2.44. The Morgan fingerprint density at radius 2 is 2.31 bits per heavy atom. The highest BCUT2D eigenvalue weighted by molar-refractivity contribution is 9.10. The van der Waals surface area contributed by atoms with Crippen molar-refractivity contribution >= 4 is 32.9 Å². The normalized spacial score (nSPS) is 20.4. The number of nitrogens with one attached hydrogen (secondary N) is 1. The molecule has 0 bridgehead atoms. The van der Waals surface area contributed by atoms with Crippen LogP contribution in [0.3, 0.4) is 0 Å². The number of aliphatic imine (C=N–C) groups is 1. The number of benzene rings is 1. The fourth-order valence-corrected chi connectivity index (χ4v) is 2.79. The first-order valence-corrected chi connectivity index (χ1v) is 7.18. The zero-order chi connectivity index (χ0) is 11.4. The van der Waals surface area contributed by atoms with Gasteiger partial charge in [-0.15, -0.1) is 0 Å². The minimum absolute atomic E-state index is 0.707. The second-order valence-corrected chi connectivity index (χ2v) is 5.87. The number of rotatable bonds is 2. The van der Waals surface area contributed by atoms with E-state index >= 15 is 0 Å². The van der Waals surface area contributed by atoms with Crippen molar-refractivity contribution in [3.8, 4) is 0 Å². The van der Waals surface area contributed by atoms with E-state index in [4.69, 9.17) is 0 Å². The van der Waals surface area contributed by atoms with Crippen LogP contribution < -0.4 is 5.32 Å². The van der Waals surface area contributed by atoms with Crippen molar-refractivity contribution in [3.63, 3.8) is 0 Å². The highest BCUT2D eigenvalue weighted by atomic mass is 79.9. The van der Waals surface area contributed by atoms with Gasteiger partial charge in [0.15, 0.2) is 5.17 Å². The lowest BCUT2D eigenvalue weighted by atomic mass is 10.2. The summed E-state index contributed by atoms with van der Waals surface area (Å²) in [5, 5.41) is 4.46. The Kier molecular flexibility index (Phi) is 4.29. The van der Waals surface area contributed by atoms with Gasteiger partial charge in [0.2, 0.25) is 0 Å². The summed E-state index contributed by atoms with van der Waals surface area (Å²) in [7, 11) is 0. The summed E-state index contributed by atoms with van der Waals surface area (Å²) >= 11 is 5.36. The predicted molar refractivity (Wildman–Crippen MR) is 74.9 cm³/mol. The molecule has 0 spiro atoms. The Bertz CT molecular complexity index is 392. The molecule has 1 heterocycles.